The first-order valence-corrected chi connectivity index (χ1v) is 7.81. The average molecular weight is 328 g/mol. The summed E-state index contributed by atoms with van der Waals surface area (Å²) in [5.74, 6) is 1.69. The molecule has 4 heteroatoms. The van der Waals surface area contributed by atoms with E-state index in [2.05, 4.69) is 47.2 Å². The molecule has 0 radical (unpaired) electrons. The highest BCUT2D eigenvalue weighted by molar-refractivity contribution is 9.10. The lowest BCUT2D eigenvalue weighted by Crippen LogP contribution is -2.25. The van der Waals surface area contributed by atoms with Gasteiger partial charge in [0, 0.05) is 19.0 Å². The third-order valence-corrected chi connectivity index (χ3v) is 3.83. The molecule has 0 aromatic heterocycles. The third kappa shape index (κ3) is 4.11. The third-order valence-electron chi connectivity index (χ3n) is 3.24. The highest BCUT2D eigenvalue weighted by Crippen LogP contribution is 2.38. The Balaban J connectivity index is 2.06. The van der Waals surface area contributed by atoms with Crippen LogP contribution >= 0.6 is 15.9 Å². The summed E-state index contributed by atoms with van der Waals surface area (Å²) in [7, 11) is 0. The zero-order chi connectivity index (χ0) is 13.7. The van der Waals surface area contributed by atoms with E-state index in [0.717, 1.165) is 42.2 Å². The van der Waals surface area contributed by atoms with Crippen LogP contribution in [0.2, 0.25) is 0 Å². The Morgan fingerprint density at radius 1 is 1.32 bits per heavy atom. The number of rotatable bonds is 5. The highest BCUT2D eigenvalue weighted by atomic mass is 79.9. The minimum Gasteiger partial charge on any atom is -0.490 e. The second-order valence-electron chi connectivity index (χ2n) is 5.03. The summed E-state index contributed by atoms with van der Waals surface area (Å²) < 4.78 is 12.4. The van der Waals surface area contributed by atoms with Gasteiger partial charge in [0.25, 0.3) is 0 Å². The van der Waals surface area contributed by atoms with Crippen LogP contribution in [0.4, 0.5) is 0 Å². The lowest BCUT2D eigenvalue weighted by molar-refractivity contribution is 0.296. The Morgan fingerprint density at radius 2 is 2.11 bits per heavy atom. The molecule has 1 N–H and O–H groups in total. The van der Waals surface area contributed by atoms with Gasteiger partial charge in [-0.05, 0) is 47.0 Å². The number of nitrogens with one attached hydrogen (secondary N) is 1. The van der Waals surface area contributed by atoms with Crippen molar-refractivity contribution in [2.24, 2.45) is 0 Å². The van der Waals surface area contributed by atoms with E-state index in [1.807, 2.05) is 0 Å². The van der Waals surface area contributed by atoms with Gasteiger partial charge in [0.1, 0.15) is 0 Å². The molecule has 0 spiro atoms. The molecule has 3 nitrogen and oxygen atoms in total. The fourth-order valence-corrected chi connectivity index (χ4v) is 2.82. The Hall–Kier alpha value is -0.740. The van der Waals surface area contributed by atoms with Gasteiger partial charge in [0.15, 0.2) is 11.5 Å². The summed E-state index contributed by atoms with van der Waals surface area (Å²) in [6.45, 7) is 6.74. The van der Waals surface area contributed by atoms with Gasteiger partial charge in [-0.15, -0.1) is 0 Å². The molecule has 1 aliphatic rings. The second kappa shape index (κ2) is 7.15. The van der Waals surface area contributed by atoms with Crippen molar-refractivity contribution in [3.63, 3.8) is 0 Å². The summed E-state index contributed by atoms with van der Waals surface area (Å²) in [6, 6.07) is 4.73. The minimum atomic E-state index is 0.541. The topological polar surface area (TPSA) is 30.5 Å². The molecule has 19 heavy (non-hydrogen) atoms. The lowest BCUT2D eigenvalue weighted by atomic mass is 10.1. The van der Waals surface area contributed by atoms with Crippen LogP contribution in [0, 0.1) is 0 Å². The quantitative estimate of drug-likeness (QED) is 0.889. The Labute approximate surface area is 123 Å². The summed E-state index contributed by atoms with van der Waals surface area (Å²) in [5, 5.41) is 3.53. The van der Waals surface area contributed by atoms with Crippen molar-refractivity contribution < 1.29 is 9.47 Å². The average Bonchev–Trinajstić information content (AvgIpc) is 2.62. The van der Waals surface area contributed by atoms with Crippen LogP contribution in [0.15, 0.2) is 16.6 Å². The van der Waals surface area contributed by atoms with Crippen LogP contribution < -0.4 is 14.8 Å². The number of benzene rings is 1. The molecule has 1 aromatic rings. The van der Waals surface area contributed by atoms with Crippen LogP contribution in [0.5, 0.6) is 11.5 Å². The maximum Gasteiger partial charge on any atom is 0.175 e. The number of fused-ring (bicyclic) bond motifs is 1. The van der Waals surface area contributed by atoms with E-state index in [1.54, 1.807) is 0 Å². The van der Waals surface area contributed by atoms with Crippen LogP contribution in [0.25, 0.3) is 0 Å². The standard InChI is InChI=1S/C15H22BrNO2/c1-3-5-11(2)17-10-12-8-13(16)15-14(9-12)18-6-4-7-19-15/h8-9,11,17H,3-7,10H2,1-2H3. The van der Waals surface area contributed by atoms with Crippen LogP contribution in [-0.4, -0.2) is 19.3 Å². The SMILES string of the molecule is CCCC(C)NCc1cc(Br)c2c(c1)OCCCO2. The van der Waals surface area contributed by atoms with E-state index in [9.17, 15) is 0 Å². The van der Waals surface area contributed by atoms with Gasteiger partial charge in [-0.3, -0.25) is 0 Å². The molecule has 1 aromatic carbocycles. The van der Waals surface area contributed by atoms with Crippen molar-refractivity contribution in [1.82, 2.24) is 5.32 Å². The summed E-state index contributed by atoms with van der Waals surface area (Å²) in [4.78, 5) is 0. The zero-order valence-corrected chi connectivity index (χ0v) is 13.3. The molecule has 0 fully saturated rings. The van der Waals surface area contributed by atoms with Gasteiger partial charge in [-0.25, -0.2) is 0 Å². The molecular weight excluding hydrogens is 306 g/mol. The predicted octanol–water partition coefficient (Wildman–Crippen LogP) is 3.89. The molecule has 1 unspecified atom stereocenters. The largest absolute Gasteiger partial charge is 0.490 e. The first kappa shape index (κ1) is 14.7. The highest BCUT2D eigenvalue weighted by Gasteiger charge is 2.15. The zero-order valence-electron chi connectivity index (χ0n) is 11.7. The summed E-state index contributed by atoms with van der Waals surface area (Å²) in [6.07, 6.45) is 3.34. The molecule has 1 aliphatic heterocycles. The van der Waals surface area contributed by atoms with Crippen molar-refractivity contribution in [1.29, 1.82) is 0 Å². The van der Waals surface area contributed by atoms with E-state index >= 15 is 0 Å². The Morgan fingerprint density at radius 3 is 2.89 bits per heavy atom. The lowest BCUT2D eigenvalue weighted by Gasteiger charge is -2.15. The van der Waals surface area contributed by atoms with Gasteiger partial charge in [-0.1, -0.05) is 13.3 Å². The van der Waals surface area contributed by atoms with E-state index in [4.69, 9.17) is 9.47 Å². The predicted molar refractivity (Wildman–Crippen MR) is 81.0 cm³/mol. The fourth-order valence-electron chi connectivity index (χ4n) is 2.21. The molecule has 0 saturated carbocycles. The van der Waals surface area contributed by atoms with Crippen molar-refractivity contribution in [3.8, 4) is 11.5 Å². The first-order chi connectivity index (χ1) is 9.20. The molecule has 2 rings (SSSR count). The maximum atomic E-state index is 5.74. The molecular formula is C15H22BrNO2. The van der Waals surface area contributed by atoms with E-state index < -0.39 is 0 Å². The molecule has 0 aliphatic carbocycles. The van der Waals surface area contributed by atoms with Crippen molar-refractivity contribution in [2.75, 3.05) is 13.2 Å². The fraction of sp³-hybridized carbons (Fsp3) is 0.600. The summed E-state index contributed by atoms with van der Waals surface area (Å²) in [5.41, 5.74) is 1.22. The molecule has 0 saturated heterocycles. The molecule has 0 amide bonds. The number of ether oxygens (including phenoxy) is 2. The first-order valence-electron chi connectivity index (χ1n) is 7.02. The molecule has 106 valence electrons. The van der Waals surface area contributed by atoms with Crippen molar-refractivity contribution in [2.45, 2.75) is 45.7 Å². The van der Waals surface area contributed by atoms with E-state index in [-0.39, 0.29) is 0 Å². The monoisotopic (exact) mass is 327 g/mol. The van der Waals surface area contributed by atoms with Gasteiger partial charge in [-0.2, -0.15) is 0 Å². The van der Waals surface area contributed by atoms with Crippen molar-refractivity contribution >= 4 is 15.9 Å². The minimum absolute atomic E-state index is 0.541. The normalized spacial score (nSPS) is 15.9. The van der Waals surface area contributed by atoms with Gasteiger partial charge in [0.05, 0.1) is 17.7 Å². The molecule has 0 bridgehead atoms. The maximum absolute atomic E-state index is 5.74. The Bertz CT molecular complexity index is 423. The summed E-state index contributed by atoms with van der Waals surface area (Å²) >= 11 is 3.57. The second-order valence-corrected chi connectivity index (χ2v) is 5.88. The number of hydrogen-bond acceptors (Lipinski definition) is 3. The van der Waals surface area contributed by atoms with E-state index in [1.165, 1.54) is 18.4 Å². The van der Waals surface area contributed by atoms with Gasteiger partial charge < -0.3 is 14.8 Å². The van der Waals surface area contributed by atoms with Crippen LogP contribution in [-0.2, 0) is 6.54 Å². The van der Waals surface area contributed by atoms with Gasteiger partial charge >= 0.3 is 0 Å². The number of hydrogen-bond donors (Lipinski definition) is 1. The van der Waals surface area contributed by atoms with E-state index in [0.29, 0.717) is 6.04 Å². The molecule has 1 atom stereocenters. The van der Waals surface area contributed by atoms with Crippen LogP contribution in [0.1, 0.15) is 38.7 Å². The smallest absolute Gasteiger partial charge is 0.175 e. The Kier molecular flexibility index (Phi) is 5.52. The molecule has 1 heterocycles. The van der Waals surface area contributed by atoms with Gasteiger partial charge in [0.2, 0.25) is 0 Å². The van der Waals surface area contributed by atoms with Crippen molar-refractivity contribution in [3.05, 3.63) is 22.2 Å². The number of halogens is 1. The van der Waals surface area contributed by atoms with Crippen LogP contribution in [0.3, 0.4) is 0 Å².